The monoisotopic (exact) mass is 582 g/mol. The standard InChI is InChI=1S/C23H31N6O8PS/c1-14(15-7-5-4-6-8-15)37-20(31)16-11-39-38(33,28-16)36-10-9-35-21(23(2,32)12-30)29-13-25-17-18(29)26-22(24)27-19(17)34-3/h4-8,13-14,16,21,30,32H,9-12H2,1-3H3,(H,28,33)(H2,24,26,27)/t14-,16?,21-,23-,38-/m1/s1. The van der Waals surface area contributed by atoms with E-state index in [1.165, 1.54) is 24.9 Å². The molecule has 1 fully saturated rings. The molecule has 2 aromatic heterocycles. The van der Waals surface area contributed by atoms with Gasteiger partial charge in [-0.1, -0.05) is 41.7 Å². The van der Waals surface area contributed by atoms with Gasteiger partial charge in [0.25, 0.3) is 0 Å². The fourth-order valence-corrected chi connectivity index (χ4v) is 7.75. The molecule has 1 aliphatic heterocycles. The number of nitrogens with one attached hydrogen (secondary N) is 1. The Bertz CT molecular complexity index is 1340. The highest BCUT2D eigenvalue weighted by atomic mass is 32.7. The van der Waals surface area contributed by atoms with E-state index < -0.39 is 43.3 Å². The third-order valence-electron chi connectivity index (χ3n) is 5.90. The van der Waals surface area contributed by atoms with E-state index in [0.29, 0.717) is 0 Å². The Balaban J connectivity index is 1.36. The second-order valence-corrected chi connectivity index (χ2v) is 13.3. The number of aromatic nitrogens is 4. The molecule has 0 spiro atoms. The Morgan fingerprint density at radius 3 is 2.77 bits per heavy atom. The van der Waals surface area contributed by atoms with Crippen LogP contribution in [-0.2, 0) is 23.4 Å². The minimum atomic E-state index is -3.42. The summed E-state index contributed by atoms with van der Waals surface area (Å²) in [5, 5.41) is 23.4. The fourth-order valence-electron chi connectivity index (χ4n) is 3.86. The molecule has 212 valence electrons. The number of esters is 1. The van der Waals surface area contributed by atoms with E-state index in [1.54, 1.807) is 6.92 Å². The zero-order chi connectivity index (χ0) is 28.2. The van der Waals surface area contributed by atoms with Crippen LogP contribution < -0.4 is 15.6 Å². The lowest BCUT2D eigenvalue weighted by Gasteiger charge is -2.32. The van der Waals surface area contributed by atoms with E-state index >= 15 is 0 Å². The average molecular weight is 583 g/mol. The van der Waals surface area contributed by atoms with Gasteiger partial charge in [0, 0.05) is 5.75 Å². The molecular weight excluding hydrogens is 551 g/mol. The van der Waals surface area contributed by atoms with Crippen molar-refractivity contribution in [3.8, 4) is 5.88 Å². The van der Waals surface area contributed by atoms with Crippen molar-refractivity contribution in [2.45, 2.75) is 37.8 Å². The topological polar surface area (TPSA) is 193 Å². The Labute approximate surface area is 228 Å². The van der Waals surface area contributed by atoms with E-state index in [1.807, 2.05) is 30.3 Å². The Morgan fingerprint density at radius 2 is 2.08 bits per heavy atom. The maximum absolute atomic E-state index is 13.1. The van der Waals surface area contributed by atoms with E-state index in [-0.39, 0.29) is 42.0 Å². The van der Waals surface area contributed by atoms with E-state index in [0.717, 1.165) is 16.9 Å². The van der Waals surface area contributed by atoms with Gasteiger partial charge in [-0.2, -0.15) is 9.97 Å². The third kappa shape index (κ3) is 6.69. The molecule has 1 saturated heterocycles. The molecule has 0 saturated carbocycles. The van der Waals surface area contributed by atoms with Crippen LogP contribution in [0.4, 0.5) is 5.95 Å². The minimum Gasteiger partial charge on any atom is -0.479 e. The highest BCUT2D eigenvalue weighted by Gasteiger charge is 2.41. The second-order valence-electron chi connectivity index (χ2n) is 8.95. The first kappa shape index (κ1) is 29.2. The van der Waals surface area contributed by atoms with Gasteiger partial charge in [-0.25, -0.2) is 10.1 Å². The van der Waals surface area contributed by atoms with E-state index in [9.17, 15) is 19.6 Å². The van der Waals surface area contributed by atoms with Crippen molar-refractivity contribution in [1.82, 2.24) is 24.6 Å². The summed E-state index contributed by atoms with van der Waals surface area (Å²) in [6, 6.07) is 8.50. The molecule has 0 amide bonds. The molecule has 3 aromatic rings. The quantitative estimate of drug-likeness (QED) is 0.137. The lowest BCUT2D eigenvalue weighted by Crippen LogP contribution is -2.42. The number of fused-ring (bicyclic) bond motifs is 1. The first-order chi connectivity index (χ1) is 18.6. The molecule has 5 atom stereocenters. The highest BCUT2D eigenvalue weighted by molar-refractivity contribution is 8.56. The second kappa shape index (κ2) is 12.2. The summed E-state index contributed by atoms with van der Waals surface area (Å²) in [6.45, 7) is -1.22. The molecule has 1 aliphatic rings. The lowest BCUT2D eigenvalue weighted by molar-refractivity contribution is -0.158. The number of imidazole rings is 1. The largest absolute Gasteiger partial charge is 0.479 e. The Morgan fingerprint density at radius 1 is 1.33 bits per heavy atom. The smallest absolute Gasteiger partial charge is 0.327 e. The molecule has 4 rings (SSSR count). The summed E-state index contributed by atoms with van der Waals surface area (Å²) in [4.78, 5) is 25.0. The van der Waals surface area contributed by atoms with Crippen LogP contribution in [-0.4, -0.2) is 80.0 Å². The number of ether oxygens (including phenoxy) is 3. The molecule has 1 aromatic carbocycles. The number of nitrogen functional groups attached to an aromatic ring is 1. The van der Waals surface area contributed by atoms with Crippen molar-refractivity contribution in [1.29, 1.82) is 0 Å². The van der Waals surface area contributed by atoms with Crippen molar-refractivity contribution >= 4 is 41.2 Å². The zero-order valence-electron chi connectivity index (χ0n) is 21.6. The predicted octanol–water partition coefficient (Wildman–Crippen LogP) is 1.81. The molecule has 0 aliphatic carbocycles. The molecule has 0 bridgehead atoms. The molecule has 1 unspecified atom stereocenters. The van der Waals surface area contributed by atoms with Crippen molar-refractivity contribution < 1.29 is 38.3 Å². The Kier molecular flexibility index (Phi) is 9.11. The first-order valence-corrected chi connectivity index (χ1v) is 15.2. The molecule has 39 heavy (non-hydrogen) atoms. The number of aliphatic hydroxyl groups is 2. The summed E-state index contributed by atoms with van der Waals surface area (Å²) in [7, 11) is 1.40. The zero-order valence-corrected chi connectivity index (χ0v) is 23.3. The summed E-state index contributed by atoms with van der Waals surface area (Å²) >= 11 is 0.995. The van der Waals surface area contributed by atoms with Crippen molar-refractivity contribution in [2.24, 2.45) is 0 Å². The van der Waals surface area contributed by atoms with Crippen LogP contribution in [0.15, 0.2) is 36.7 Å². The lowest BCUT2D eigenvalue weighted by atomic mass is 10.1. The van der Waals surface area contributed by atoms with Crippen molar-refractivity contribution in [3.05, 3.63) is 42.2 Å². The van der Waals surface area contributed by atoms with Crippen LogP contribution in [0.3, 0.4) is 0 Å². The van der Waals surface area contributed by atoms with Crippen molar-refractivity contribution in [2.75, 3.05) is 38.4 Å². The van der Waals surface area contributed by atoms with Gasteiger partial charge in [-0.15, -0.1) is 0 Å². The fraction of sp³-hybridized carbons (Fsp3) is 0.478. The molecule has 0 radical (unpaired) electrons. The summed E-state index contributed by atoms with van der Waals surface area (Å²) in [5.41, 5.74) is 5.35. The van der Waals surface area contributed by atoms with Gasteiger partial charge >= 0.3 is 12.7 Å². The van der Waals surface area contributed by atoms with E-state index in [2.05, 4.69) is 20.0 Å². The third-order valence-corrected chi connectivity index (χ3v) is 9.97. The number of nitrogens with two attached hydrogens (primary N) is 1. The average Bonchev–Trinajstić information content (AvgIpc) is 3.52. The van der Waals surface area contributed by atoms with Gasteiger partial charge in [0.05, 0.1) is 33.3 Å². The summed E-state index contributed by atoms with van der Waals surface area (Å²) in [5.74, 6) is -0.264. The van der Waals surface area contributed by atoms with Crippen LogP contribution >= 0.6 is 18.1 Å². The summed E-state index contributed by atoms with van der Waals surface area (Å²) < 4.78 is 36.6. The number of carbonyl (C=O) groups is 1. The highest BCUT2D eigenvalue weighted by Crippen LogP contribution is 2.60. The number of aliphatic hydroxyl groups excluding tert-OH is 1. The molecule has 16 heteroatoms. The van der Waals surface area contributed by atoms with Gasteiger partial charge in [-0.05, 0) is 19.4 Å². The molecule has 14 nitrogen and oxygen atoms in total. The number of hydrogen-bond donors (Lipinski definition) is 4. The van der Waals surface area contributed by atoms with Crippen LogP contribution in [0.2, 0.25) is 0 Å². The van der Waals surface area contributed by atoms with Gasteiger partial charge in [0.2, 0.25) is 11.8 Å². The maximum atomic E-state index is 13.1. The number of hydrogen-bond acceptors (Lipinski definition) is 13. The first-order valence-electron chi connectivity index (χ1n) is 12.0. The number of methoxy groups -OCH3 is 1. The van der Waals surface area contributed by atoms with E-state index in [4.69, 9.17) is 24.5 Å². The van der Waals surface area contributed by atoms with Crippen molar-refractivity contribution in [3.63, 3.8) is 0 Å². The minimum absolute atomic E-state index is 0.0829. The number of rotatable bonds is 12. The number of nitrogens with zero attached hydrogens (tertiary/aromatic N) is 4. The van der Waals surface area contributed by atoms with Crippen LogP contribution in [0, 0.1) is 0 Å². The number of carbonyl (C=O) groups excluding carboxylic acids is 1. The molecule has 3 heterocycles. The van der Waals surface area contributed by atoms with Gasteiger partial charge < -0.3 is 34.7 Å². The van der Waals surface area contributed by atoms with Crippen LogP contribution in [0.5, 0.6) is 5.88 Å². The predicted molar refractivity (Wildman–Crippen MR) is 143 cm³/mol. The van der Waals surface area contributed by atoms with Gasteiger partial charge in [-0.3, -0.25) is 13.9 Å². The molecule has 5 N–H and O–H groups in total. The van der Waals surface area contributed by atoms with Crippen LogP contribution in [0.25, 0.3) is 11.2 Å². The van der Waals surface area contributed by atoms with Gasteiger partial charge in [0.15, 0.2) is 17.4 Å². The molecular formula is C23H31N6O8PS. The Hall–Kier alpha value is -2.78. The maximum Gasteiger partial charge on any atom is 0.327 e. The van der Waals surface area contributed by atoms with Crippen LogP contribution in [0.1, 0.15) is 31.7 Å². The SMILES string of the molecule is COc1nc(N)nc2c1ncn2[C@H](OCCO[P@]1(=O)NC(C(=O)O[C@H](C)c2ccccc2)CS1)[C@](C)(O)CO. The number of anilines is 1. The summed E-state index contributed by atoms with van der Waals surface area (Å²) in [6.07, 6.45) is -0.293. The van der Waals surface area contributed by atoms with Gasteiger partial charge in [0.1, 0.15) is 17.7 Å². The number of benzene rings is 1. The normalized spacial score (nSPS) is 22.3.